The average molecular weight is 308 g/mol. The minimum absolute atomic E-state index is 0.0738. The lowest BCUT2D eigenvalue weighted by Crippen LogP contribution is -2.20. The molecule has 1 aliphatic rings. The monoisotopic (exact) mass is 308 g/mol. The molecule has 0 amide bonds. The van der Waals surface area contributed by atoms with E-state index in [1.54, 1.807) is 0 Å². The summed E-state index contributed by atoms with van der Waals surface area (Å²) in [5, 5.41) is 2.34. The maximum absolute atomic E-state index is 12.1. The Labute approximate surface area is 134 Å². The molecule has 0 radical (unpaired) electrons. The summed E-state index contributed by atoms with van der Waals surface area (Å²) < 4.78 is 5.46. The van der Waals surface area contributed by atoms with Crippen molar-refractivity contribution in [1.29, 1.82) is 0 Å². The van der Waals surface area contributed by atoms with Crippen molar-refractivity contribution in [2.45, 2.75) is 38.7 Å². The molecule has 1 heterocycles. The van der Waals surface area contributed by atoms with E-state index < -0.39 is 0 Å². The van der Waals surface area contributed by atoms with Crippen molar-refractivity contribution >= 4 is 27.8 Å². The summed E-state index contributed by atoms with van der Waals surface area (Å²) in [4.78, 5) is 19.9. The van der Waals surface area contributed by atoms with E-state index in [-0.39, 0.29) is 18.5 Å². The van der Waals surface area contributed by atoms with E-state index in [4.69, 9.17) is 4.74 Å². The molecule has 118 valence electrons. The van der Waals surface area contributed by atoms with Crippen LogP contribution < -0.4 is 0 Å². The summed E-state index contributed by atoms with van der Waals surface area (Å²) >= 11 is 0. The average Bonchev–Trinajstić information content (AvgIpc) is 3.00. The minimum Gasteiger partial charge on any atom is -0.457 e. The Morgan fingerprint density at radius 2 is 1.87 bits per heavy atom. The van der Waals surface area contributed by atoms with Gasteiger partial charge in [-0.15, -0.1) is 0 Å². The fourth-order valence-corrected chi connectivity index (χ4v) is 3.41. The number of esters is 1. The zero-order valence-corrected chi connectivity index (χ0v) is 13.0. The molecule has 0 atom stereocenters. The minimum atomic E-state index is -0.0738. The largest absolute Gasteiger partial charge is 0.457 e. The zero-order valence-electron chi connectivity index (χ0n) is 13.0. The van der Waals surface area contributed by atoms with Crippen LogP contribution in [0.5, 0.6) is 0 Å². The highest BCUT2D eigenvalue weighted by molar-refractivity contribution is 5.95. The van der Waals surface area contributed by atoms with Crippen molar-refractivity contribution in [2.75, 3.05) is 0 Å². The number of rotatable bonds is 3. The number of benzene rings is 2. The highest BCUT2D eigenvalue weighted by Gasteiger charge is 2.22. The van der Waals surface area contributed by atoms with Gasteiger partial charge in [0, 0.05) is 0 Å². The molecule has 0 saturated heterocycles. The maximum atomic E-state index is 12.1. The number of ether oxygens (including phenoxy) is 1. The first-order chi connectivity index (χ1) is 11.3. The Morgan fingerprint density at radius 1 is 1.13 bits per heavy atom. The van der Waals surface area contributed by atoms with Crippen LogP contribution in [0.1, 0.15) is 37.9 Å². The normalized spacial score (nSPS) is 16.0. The number of aromatic nitrogens is 2. The number of aromatic amines is 1. The van der Waals surface area contributed by atoms with Crippen LogP contribution in [-0.2, 0) is 16.1 Å². The van der Waals surface area contributed by atoms with Crippen LogP contribution in [0.2, 0.25) is 0 Å². The molecule has 4 nitrogen and oxygen atoms in total. The second kappa shape index (κ2) is 6.03. The third-order valence-electron chi connectivity index (χ3n) is 4.69. The van der Waals surface area contributed by atoms with Gasteiger partial charge in [-0.05, 0) is 35.7 Å². The standard InChI is InChI=1S/C19H20N2O2/c22-19(13-6-2-1-3-7-13)23-12-18-20-16-10-14-8-4-5-9-15(14)11-17(16)21-18/h4-5,8-11,13H,1-3,6-7,12H2,(H,20,21). The summed E-state index contributed by atoms with van der Waals surface area (Å²) in [6, 6.07) is 12.4. The van der Waals surface area contributed by atoms with Crippen LogP contribution in [0.3, 0.4) is 0 Å². The van der Waals surface area contributed by atoms with Crippen LogP contribution in [0, 0.1) is 5.92 Å². The van der Waals surface area contributed by atoms with Crippen molar-refractivity contribution in [1.82, 2.24) is 9.97 Å². The van der Waals surface area contributed by atoms with Gasteiger partial charge in [0.15, 0.2) is 0 Å². The van der Waals surface area contributed by atoms with Gasteiger partial charge >= 0.3 is 5.97 Å². The molecule has 0 aliphatic heterocycles. The van der Waals surface area contributed by atoms with E-state index in [0.29, 0.717) is 5.82 Å². The summed E-state index contributed by atoms with van der Waals surface area (Å²) in [5.74, 6) is 0.713. The fraction of sp³-hybridized carbons (Fsp3) is 0.368. The first-order valence-corrected chi connectivity index (χ1v) is 8.33. The molecular weight excluding hydrogens is 288 g/mol. The van der Waals surface area contributed by atoms with E-state index in [1.807, 2.05) is 12.1 Å². The number of carbonyl (C=O) groups is 1. The smallest absolute Gasteiger partial charge is 0.309 e. The van der Waals surface area contributed by atoms with Gasteiger partial charge in [-0.1, -0.05) is 43.5 Å². The Bertz CT molecular complexity index is 794. The van der Waals surface area contributed by atoms with Gasteiger partial charge in [-0.3, -0.25) is 4.79 Å². The predicted molar refractivity (Wildman–Crippen MR) is 90.0 cm³/mol. The summed E-state index contributed by atoms with van der Waals surface area (Å²) in [7, 11) is 0. The molecular formula is C19H20N2O2. The first kappa shape index (κ1) is 14.2. The molecule has 1 aliphatic carbocycles. The molecule has 0 spiro atoms. The predicted octanol–water partition coefficient (Wildman–Crippen LogP) is 4.34. The highest BCUT2D eigenvalue weighted by atomic mass is 16.5. The van der Waals surface area contributed by atoms with Crippen molar-refractivity contribution in [2.24, 2.45) is 5.92 Å². The van der Waals surface area contributed by atoms with Gasteiger partial charge in [0.25, 0.3) is 0 Å². The third-order valence-corrected chi connectivity index (χ3v) is 4.69. The second-order valence-corrected chi connectivity index (χ2v) is 6.34. The summed E-state index contributed by atoms with van der Waals surface area (Å²) in [6.45, 7) is 0.223. The molecule has 1 saturated carbocycles. The van der Waals surface area contributed by atoms with E-state index in [2.05, 4.69) is 34.2 Å². The van der Waals surface area contributed by atoms with Crippen LogP contribution in [0.15, 0.2) is 36.4 Å². The Kier molecular flexibility index (Phi) is 3.74. The number of carbonyl (C=O) groups excluding carboxylic acids is 1. The number of nitrogens with one attached hydrogen (secondary N) is 1. The van der Waals surface area contributed by atoms with E-state index >= 15 is 0 Å². The third kappa shape index (κ3) is 2.93. The number of hydrogen-bond donors (Lipinski definition) is 1. The van der Waals surface area contributed by atoms with Crippen molar-refractivity contribution in [3.05, 3.63) is 42.2 Å². The Balaban J connectivity index is 1.50. The zero-order chi connectivity index (χ0) is 15.6. The SMILES string of the molecule is O=C(OCc1nc2cc3ccccc3cc2[nH]1)C1CCCCC1. The lowest BCUT2D eigenvalue weighted by atomic mass is 9.89. The molecule has 1 aromatic heterocycles. The number of imidazole rings is 1. The van der Waals surface area contributed by atoms with E-state index in [0.717, 1.165) is 42.1 Å². The molecule has 0 bridgehead atoms. The molecule has 4 rings (SSSR count). The van der Waals surface area contributed by atoms with Gasteiger partial charge in [0.05, 0.1) is 17.0 Å². The molecule has 1 N–H and O–H groups in total. The van der Waals surface area contributed by atoms with Gasteiger partial charge in [-0.2, -0.15) is 0 Å². The molecule has 0 unspecified atom stereocenters. The first-order valence-electron chi connectivity index (χ1n) is 8.33. The Morgan fingerprint density at radius 3 is 2.65 bits per heavy atom. The van der Waals surface area contributed by atoms with Crippen molar-refractivity contribution in [3.8, 4) is 0 Å². The van der Waals surface area contributed by atoms with E-state index in [9.17, 15) is 4.79 Å². The van der Waals surface area contributed by atoms with Crippen LogP contribution in [0.25, 0.3) is 21.8 Å². The quantitative estimate of drug-likeness (QED) is 0.732. The maximum Gasteiger partial charge on any atom is 0.309 e. The lowest BCUT2D eigenvalue weighted by molar-refractivity contribution is -0.151. The second-order valence-electron chi connectivity index (χ2n) is 6.34. The van der Waals surface area contributed by atoms with Crippen molar-refractivity contribution in [3.63, 3.8) is 0 Å². The van der Waals surface area contributed by atoms with Crippen LogP contribution >= 0.6 is 0 Å². The summed E-state index contributed by atoms with van der Waals surface area (Å²) in [6.07, 6.45) is 5.43. The number of H-pyrrole nitrogens is 1. The number of nitrogens with zero attached hydrogens (tertiary/aromatic N) is 1. The van der Waals surface area contributed by atoms with Crippen LogP contribution in [-0.4, -0.2) is 15.9 Å². The van der Waals surface area contributed by atoms with Gasteiger partial charge < -0.3 is 9.72 Å². The van der Waals surface area contributed by atoms with Crippen LogP contribution in [0.4, 0.5) is 0 Å². The number of hydrogen-bond acceptors (Lipinski definition) is 3. The van der Waals surface area contributed by atoms with Gasteiger partial charge in [-0.25, -0.2) is 4.98 Å². The number of fused-ring (bicyclic) bond motifs is 2. The topological polar surface area (TPSA) is 55.0 Å². The molecule has 1 fully saturated rings. The Hall–Kier alpha value is -2.36. The lowest BCUT2D eigenvalue weighted by Gasteiger charge is -2.19. The highest BCUT2D eigenvalue weighted by Crippen LogP contribution is 2.25. The summed E-state index contributed by atoms with van der Waals surface area (Å²) in [5.41, 5.74) is 1.89. The molecule has 4 heteroatoms. The van der Waals surface area contributed by atoms with Gasteiger partial charge in [0.1, 0.15) is 12.4 Å². The molecule has 23 heavy (non-hydrogen) atoms. The van der Waals surface area contributed by atoms with Crippen molar-refractivity contribution < 1.29 is 9.53 Å². The molecule has 2 aromatic carbocycles. The molecule has 3 aromatic rings. The van der Waals surface area contributed by atoms with E-state index in [1.165, 1.54) is 11.8 Å². The fourth-order valence-electron chi connectivity index (χ4n) is 3.41. The van der Waals surface area contributed by atoms with Gasteiger partial charge in [0.2, 0.25) is 0 Å².